The third-order valence-corrected chi connectivity index (χ3v) is 4.30. The van der Waals surface area contributed by atoms with E-state index in [1.54, 1.807) is 12.4 Å². The number of aryl methyl sites for hydroxylation is 1. The summed E-state index contributed by atoms with van der Waals surface area (Å²) in [5.41, 5.74) is 2.08. The average molecular weight is 303 g/mol. The van der Waals surface area contributed by atoms with E-state index in [4.69, 9.17) is 0 Å². The van der Waals surface area contributed by atoms with Gasteiger partial charge in [-0.1, -0.05) is 0 Å². The highest BCUT2D eigenvalue weighted by Crippen LogP contribution is 2.17. The van der Waals surface area contributed by atoms with E-state index in [2.05, 4.69) is 20.2 Å². The number of carbonyl (C=O) groups is 1. The van der Waals surface area contributed by atoms with Crippen LogP contribution in [0.1, 0.15) is 5.69 Å². The number of aromatic nitrogens is 2. The summed E-state index contributed by atoms with van der Waals surface area (Å²) in [6.45, 7) is 4.99. The fourth-order valence-corrected chi connectivity index (χ4v) is 2.98. The molecule has 3 heterocycles. The number of amides is 2. The third-order valence-electron chi connectivity index (χ3n) is 3.43. The van der Waals surface area contributed by atoms with Crippen molar-refractivity contribution in [1.82, 2.24) is 14.9 Å². The molecule has 2 aromatic rings. The van der Waals surface area contributed by atoms with Crippen LogP contribution in [0.15, 0.2) is 29.9 Å². The van der Waals surface area contributed by atoms with E-state index < -0.39 is 0 Å². The SMILES string of the molecule is Cc1csc(NC(=O)N2CCN(c3ccncc3)CC2)n1. The minimum atomic E-state index is -0.0706. The molecule has 0 bridgehead atoms. The van der Waals surface area contributed by atoms with Gasteiger partial charge in [0.05, 0.1) is 5.69 Å². The highest BCUT2D eigenvalue weighted by molar-refractivity contribution is 7.13. The molecule has 1 fully saturated rings. The van der Waals surface area contributed by atoms with Gasteiger partial charge in [0.2, 0.25) is 0 Å². The lowest BCUT2D eigenvalue weighted by Gasteiger charge is -2.35. The van der Waals surface area contributed by atoms with Crippen molar-refractivity contribution in [1.29, 1.82) is 0 Å². The summed E-state index contributed by atoms with van der Waals surface area (Å²) in [6, 6.07) is 3.92. The quantitative estimate of drug-likeness (QED) is 0.924. The first kappa shape index (κ1) is 13.8. The molecule has 0 aromatic carbocycles. The predicted molar refractivity (Wildman–Crippen MR) is 83.9 cm³/mol. The van der Waals surface area contributed by atoms with Gasteiger partial charge in [-0.2, -0.15) is 0 Å². The highest BCUT2D eigenvalue weighted by Gasteiger charge is 2.21. The van der Waals surface area contributed by atoms with Gasteiger partial charge in [0.25, 0.3) is 0 Å². The summed E-state index contributed by atoms with van der Waals surface area (Å²) in [6.07, 6.45) is 3.58. The van der Waals surface area contributed by atoms with Crippen LogP contribution >= 0.6 is 11.3 Å². The lowest BCUT2D eigenvalue weighted by atomic mass is 10.3. The number of hydrogen-bond donors (Lipinski definition) is 1. The Morgan fingerprint density at radius 1 is 1.24 bits per heavy atom. The molecule has 7 heteroatoms. The van der Waals surface area contributed by atoms with Crippen LogP contribution in [-0.2, 0) is 0 Å². The van der Waals surface area contributed by atoms with E-state index in [1.807, 2.05) is 29.3 Å². The molecule has 0 spiro atoms. The van der Waals surface area contributed by atoms with Gasteiger partial charge >= 0.3 is 6.03 Å². The average Bonchev–Trinajstić information content (AvgIpc) is 2.93. The summed E-state index contributed by atoms with van der Waals surface area (Å²) in [7, 11) is 0. The van der Waals surface area contributed by atoms with Gasteiger partial charge in [-0.25, -0.2) is 9.78 Å². The van der Waals surface area contributed by atoms with Gasteiger partial charge in [-0.15, -0.1) is 11.3 Å². The van der Waals surface area contributed by atoms with Crippen LogP contribution in [0.4, 0.5) is 15.6 Å². The molecule has 0 atom stereocenters. The summed E-state index contributed by atoms with van der Waals surface area (Å²) >= 11 is 1.45. The molecular formula is C14H17N5OS. The molecule has 0 aliphatic carbocycles. The Bertz CT molecular complexity index is 607. The van der Waals surface area contributed by atoms with E-state index >= 15 is 0 Å². The lowest BCUT2D eigenvalue weighted by Crippen LogP contribution is -2.50. The highest BCUT2D eigenvalue weighted by atomic mass is 32.1. The number of piperazine rings is 1. The first-order valence-corrected chi connectivity index (χ1v) is 7.73. The molecule has 3 rings (SSSR count). The van der Waals surface area contributed by atoms with Gasteiger partial charge in [0.15, 0.2) is 5.13 Å². The Morgan fingerprint density at radius 2 is 1.95 bits per heavy atom. The van der Waals surface area contributed by atoms with E-state index in [0.717, 1.165) is 24.5 Å². The van der Waals surface area contributed by atoms with Gasteiger partial charge < -0.3 is 9.80 Å². The number of hydrogen-bond acceptors (Lipinski definition) is 5. The molecule has 2 aromatic heterocycles. The van der Waals surface area contributed by atoms with Gasteiger partial charge in [-0.05, 0) is 19.1 Å². The van der Waals surface area contributed by atoms with Crippen molar-refractivity contribution in [2.45, 2.75) is 6.92 Å². The zero-order valence-corrected chi connectivity index (χ0v) is 12.6. The summed E-state index contributed by atoms with van der Waals surface area (Å²) in [5.74, 6) is 0. The van der Waals surface area contributed by atoms with Crippen molar-refractivity contribution in [2.75, 3.05) is 36.4 Å². The Morgan fingerprint density at radius 3 is 2.57 bits per heavy atom. The minimum absolute atomic E-state index is 0.0706. The van der Waals surface area contributed by atoms with Crippen LogP contribution in [0.2, 0.25) is 0 Å². The second kappa shape index (κ2) is 6.09. The molecule has 2 amide bonds. The van der Waals surface area contributed by atoms with Crippen molar-refractivity contribution in [3.8, 4) is 0 Å². The standard InChI is InChI=1S/C14H17N5OS/c1-11-10-21-13(16-11)17-14(20)19-8-6-18(7-9-19)12-2-4-15-5-3-12/h2-5,10H,6-9H2,1H3,(H,16,17,20). The Hall–Kier alpha value is -2.15. The molecule has 21 heavy (non-hydrogen) atoms. The van der Waals surface area contributed by atoms with Gasteiger partial charge in [0, 0.05) is 49.6 Å². The normalized spacial score (nSPS) is 15.1. The lowest BCUT2D eigenvalue weighted by molar-refractivity contribution is 0.208. The number of pyridine rings is 1. The van der Waals surface area contributed by atoms with Crippen molar-refractivity contribution in [3.63, 3.8) is 0 Å². The van der Waals surface area contributed by atoms with Gasteiger partial charge in [-0.3, -0.25) is 10.3 Å². The number of carbonyl (C=O) groups excluding carboxylic acids is 1. The molecule has 1 aliphatic rings. The molecule has 110 valence electrons. The first-order valence-electron chi connectivity index (χ1n) is 6.85. The summed E-state index contributed by atoms with van der Waals surface area (Å²) < 4.78 is 0. The molecule has 0 saturated carbocycles. The van der Waals surface area contributed by atoms with E-state index in [9.17, 15) is 4.79 Å². The minimum Gasteiger partial charge on any atom is -0.368 e. The van der Waals surface area contributed by atoms with Crippen LogP contribution in [0.3, 0.4) is 0 Å². The fraction of sp³-hybridized carbons (Fsp3) is 0.357. The van der Waals surface area contributed by atoms with Crippen molar-refractivity contribution in [3.05, 3.63) is 35.6 Å². The molecule has 6 nitrogen and oxygen atoms in total. The first-order chi connectivity index (χ1) is 10.2. The Labute approximate surface area is 127 Å². The summed E-state index contributed by atoms with van der Waals surface area (Å²) in [5, 5.41) is 5.44. The number of nitrogens with zero attached hydrogens (tertiary/aromatic N) is 4. The van der Waals surface area contributed by atoms with Crippen LogP contribution in [0, 0.1) is 6.92 Å². The maximum atomic E-state index is 12.2. The van der Waals surface area contributed by atoms with Crippen molar-refractivity contribution in [2.24, 2.45) is 0 Å². The second-order valence-corrected chi connectivity index (χ2v) is 5.76. The number of anilines is 2. The number of nitrogens with one attached hydrogen (secondary N) is 1. The zero-order chi connectivity index (χ0) is 14.7. The fourth-order valence-electron chi connectivity index (χ4n) is 2.30. The molecule has 0 radical (unpaired) electrons. The van der Waals surface area contributed by atoms with E-state index in [1.165, 1.54) is 11.3 Å². The number of rotatable bonds is 2. The number of urea groups is 1. The van der Waals surface area contributed by atoms with Crippen LogP contribution < -0.4 is 10.2 Å². The van der Waals surface area contributed by atoms with E-state index in [0.29, 0.717) is 18.2 Å². The smallest absolute Gasteiger partial charge is 0.323 e. The van der Waals surface area contributed by atoms with Crippen molar-refractivity contribution < 1.29 is 4.79 Å². The maximum absolute atomic E-state index is 12.2. The monoisotopic (exact) mass is 303 g/mol. The summed E-state index contributed by atoms with van der Waals surface area (Å²) in [4.78, 5) is 24.5. The second-order valence-electron chi connectivity index (χ2n) is 4.90. The zero-order valence-electron chi connectivity index (χ0n) is 11.8. The van der Waals surface area contributed by atoms with E-state index in [-0.39, 0.29) is 6.03 Å². The Kier molecular flexibility index (Phi) is 4.01. The maximum Gasteiger partial charge on any atom is 0.323 e. The molecule has 1 N–H and O–H groups in total. The number of thiazole rings is 1. The molecule has 1 aliphatic heterocycles. The largest absolute Gasteiger partial charge is 0.368 e. The molecule has 1 saturated heterocycles. The Balaban J connectivity index is 1.54. The molecule has 0 unspecified atom stereocenters. The topological polar surface area (TPSA) is 61.4 Å². The predicted octanol–water partition coefficient (Wildman–Crippen LogP) is 2.20. The van der Waals surface area contributed by atoms with Crippen LogP contribution in [-0.4, -0.2) is 47.1 Å². The van der Waals surface area contributed by atoms with Gasteiger partial charge in [0.1, 0.15) is 0 Å². The van der Waals surface area contributed by atoms with Crippen molar-refractivity contribution >= 4 is 28.2 Å². The van der Waals surface area contributed by atoms with Crippen LogP contribution in [0.25, 0.3) is 0 Å². The molecular weight excluding hydrogens is 286 g/mol. The van der Waals surface area contributed by atoms with Crippen LogP contribution in [0.5, 0.6) is 0 Å². The third kappa shape index (κ3) is 3.30.